The molecule has 1 aromatic rings. The van der Waals surface area contributed by atoms with Crippen LogP contribution in [0.3, 0.4) is 0 Å². The summed E-state index contributed by atoms with van der Waals surface area (Å²) in [5.74, 6) is -3.67. The summed E-state index contributed by atoms with van der Waals surface area (Å²) in [5.41, 5.74) is 0. The molecule has 0 aliphatic heterocycles. The average molecular weight is 240 g/mol. The highest BCUT2D eigenvalue weighted by atomic mass is 32.5. The van der Waals surface area contributed by atoms with Crippen LogP contribution in [0.4, 0.5) is 28.2 Å². The second kappa shape index (κ2) is 2.18. The van der Waals surface area contributed by atoms with Crippen LogP contribution >= 0.6 is 10.2 Å². The van der Waals surface area contributed by atoms with E-state index in [1.165, 1.54) is 0 Å². The van der Waals surface area contributed by atoms with Crippen LogP contribution in [-0.4, -0.2) is 0 Å². The Morgan fingerprint density at radius 2 is 1.36 bits per heavy atom. The van der Waals surface area contributed by atoms with E-state index in [4.69, 9.17) is 0 Å². The van der Waals surface area contributed by atoms with E-state index in [0.29, 0.717) is 0 Å². The van der Waals surface area contributed by atoms with Crippen LogP contribution < -0.4 is 0 Å². The third kappa shape index (κ3) is 2.31. The predicted octanol–water partition coefficient (Wildman–Crippen LogP) is 4.62. The fraction of sp³-hybridized carbons (Fsp3) is 0. The van der Waals surface area contributed by atoms with Gasteiger partial charge < -0.3 is 0 Å². The normalized spacial score (nSPS) is 17.4. The number of halogens is 7. The Balaban J connectivity index is 3.51. The van der Waals surface area contributed by atoms with Crippen molar-refractivity contribution < 1.29 is 28.2 Å². The summed E-state index contributed by atoms with van der Waals surface area (Å²) in [6.07, 6.45) is 0. The first-order chi connectivity index (χ1) is 5.90. The Morgan fingerprint density at radius 1 is 0.857 bits per heavy atom. The molecule has 1 aromatic carbocycles. The lowest BCUT2D eigenvalue weighted by Gasteiger charge is -2.40. The molecule has 14 heavy (non-hydrogen) atoms. The molecule has 0 aliphatic rings. The molecule has 0 aliphatic carbocycles. The molecule has 0 bridgehead atoms. The lowest BCUT2D eigenvalue weighted by molar-refractivity contribution is 0.355. The second-order valence-corrected chi connectivity index (χ2v) is 4.92. The Bertz CT molecular complexity index is 378. The van der Waals surface area contributed by atoms with Gasteiger partial charge in [0, 0.05) is 6.07 Å². The summed E-state index contributed by atoms with van der Waals surface area (Å²) < 4.78 is 84.5. The van der Waals surface area contributed by atoms with Gasteiger partial charge in [-0.3, -0.25) is 0 Å². The van der Waals surface area contributed by atoms with Crippen molar-refractivity contribution in [1.82, 2.24) is 0 Å². The van der Waals surface area contributed by atoms with Crippen LogP contribution in [0, 0.1) is 11.6 Å². The Morgan fingerprint density at radius 3 is 1.71 bits per heavy atom. The number of hydrogen-bond acceptors (Lipinski definition) is 0. The molecule has 0 unspecified atom stereocenters. The second-order valence-electron chi connectivity index (χ2n) is 2.54. The van der Waals surface area contributed by atoms with Crippen molar-refractivity contribution in [3.63, 3.8) is 0 Å². The van der Waals surface area contributed by atoms with Crippen molar-refractivity contribution in [2.45, 2.75) is 4.90 Å². The van der Waals surface area contributed by atoms with Gasteiger partial charge in [0.1, 0.15) is 16.5 Å². The Hall–Kier alpha value is -0.920. The van der Waals surface area contributed by atoms with Gasteiger partial charge in [0.05, 0.1) is 0 Å². The number of benzene rings is 1. The Labute approximate surface area is 74.1 Å². The molecule has 0 heterocycles. The van der Waals surface area contributed by atoms with Crippen molar-refractivity contribution >= 4 is 10.2 Å². The van der Waals surface area contributed by atoms with Crippen LogP contribution in [0.25, 0.3) is 0 Å². The maximum Gasteiger partial charge on any atom is 0.313 e. The van der Waals surface area contributed by atoms with Gasteiger partial charge in [-0.1, -0.05) is 19.4 Å². The van der Waals surface area contributed by atoms with E-state index in [-0.39, 0.29) is 18.2 Å². The summed E-state index contributed by atoms with van der Waals surface area (Å²) in [4.78, 5) is -2.70. The molecule has 0 nitrogen and oxygen atoms in total. The monoisotopic (exact) mass is 240 g/mol. The average Bonchev–Trinajstić information content (AvgIpc) is 1.79. The molecule has 8 heteroatoms. The molecule has 0 N–H and O–H groups in total. The van der Waals surface area contributed by atoms with Crippen LogP contribution in [0.2, 0.25) is 0 Å². The van der Waals surface area contributed by atoms with E-state index in [0.717, 1.165) is 0 Å². The van der Waals surface area contributed by atoms with Crippen LogP contribution in [0.1, 0.15) is 0 Å². The highest BCUT2D eigenvalue weighted by Gasteiger charge is 2.67. The first-order valence-electron chi connectivity index (χ1n) is 3.09. The number of rotatable bonds is 1. The summed E-state index contributed by atoms with van der Waals surface area (Å²) >= 11 is 0. The standard InChI is InChI=1S/C6H3F7S/c7-4-1-2-6(5(8)3-4)14(9,10,11,12)13/h1-3H. The molecular weight excluding hydrogens is 237 g/mol. The van der Waals surface area contributed by atoms with Crippen LogP contribution in [0.5, 0.6) is 0 Å². The first kappa shape index (κ1) is 11.2. The van der Waals surface area contributed by atoms with E-state index >= 15 is 0 Å². The SMILES string of the molecule is Fc1ccc(S(F)(F)(F)(F)F)c(F)c1. The van der Waals surface area contributed by atoms with Gasteiger partial charge in [0.25, 0.3) is 0 Å². The third-order valence-electron chi connectivity index (χ3n) is 1.31. The van der Waals surface area contributed by atoms with Crippen molar-refractivity contribution in [1.29, 1.82) is 0 Å². The summed E-state index contributed by atoms with van der Waals surface area (Å²) in [6.45, 7) is 0. The lowest BCUT2D eigenvalue weighted by atomic mass is 10.3. The maximum atomic E-state index is 12.4. The van der Waals surface area contributed by atoms with E-state index < -0.39 is 26.8 Å². The van der Waals surface area contributed by atoms with Gasteiger partial charge in [0.15, 0.2) is 0 Å². The minimum absolute atomic E-state index is 0.121. The Kier molecular flexibility index (Phi) is 1.74. The van der Waals surface area contributed by atoms with Crippen LogP contribution in [-0.2, 0) is 0 Å². The molecule has 1 rings (SSSR count). The molecule has 82 valence electrons. The fourth-order valence-electron chi connectivity index (χ4n) is 0.788. The van der Waals surface area contributed by atoms with Gasteiger partial charge in [-0.2, -0.15) is 0 Å². The van der Waals surface area contributed by atoms with Gasteiger partial charge in [0.2, 0.25) is 0 Å². The molecule has 0 amide bonds. The minimum Gasteiger partial charge on any atom is -0.207 e. The quantitative estimate of drug-likeness (QED) is 0.628. The van der Waals surface area contributed by atoms with Gasteiger partial charge in [-0.25, -0.2) is 8.78 Å². The molecule has 0 saturated carbocycles. The largest absolute Gasteiger partial charge is 0.313 e. The van der Waals surface area contributed by atoms with Gasteiger partial charge >= 0.3 is 10.2 Å². The highest BCUT2D eigenvalue weighted by Crippen LogP contribution is 3.02. The zero-order valence-electron chi connectivity index (χ0n) is 6.29. The smallest absolute Gasteiger partial charge is 0.207 e. The summed E-state index contributed by atoms with van der Waals surface area (Å²) in [5, 5.41) is 0. The molecule has 0 radical (unpaired) electrons. The fourth-order valence-corrected chi connectivity index (χ4v) is 1.54. The zero-order valence-corrected chi connectivity index (χ0v) is 7.10. The van der Waals surface area contributed by atoms with Crippen molar-refractivity contribution in [3.05, 3.63) is 29.8 Å². The lowest BCUT2D eigenvalue weighted by Crippen LogP contribution is -2.08. The summed E-state index contributed by atoms with van der Waals surface area (Å²) in [6, 6.07) is -0.435. The third-order valence-corrected chi connectivity index (χ3v) is 2.47. The van der Waals surface area contributed by atoms with Crippen molar-refractivity contribution in [2.75, 3.05) is 0 Å². The highest BCUT2D eigenvalue weighted by molar-refractivity contribution is 8.45. The van der Waals surface area contributed by atoms with Crippen molar-refractivity contribution in [3.8, 4) is 0 Å². The van der Waals surface area contributed by atoms with E-state index in [1.807, 2.05) is 0 Å². The van der Waals surface area contributed by atoms with Crippen molar-refractivity contribution in [2.24, 2.45) is 0 Å². The van der Waals surface area contributed by atoms with Gasteiger partial charge in [-0.15, -0.1) is 0 Å². The molecule has 0 fully saturated rings. The molecule has 0 aromatic heterocycles. The molecule has 0 atom stereocenters. The molecule has 0 saturated heterocycles. The minimum atomic E-state index is -10.0. The maximum absolute atomic E-state index is 12.4. The van der Waals surface area contributed by atoms with Crippen LogP contribution in [0.15, 0.2) is 23.1 Å². The topological polar surface area (TPSA) is 0 Å². The molecular formula is C6H3F7S. The number of hydrogen-bond donors (Lipinski definition) is 0. The zero-order chi connectivity index (χ0) is 11.3. The molecule has 0 spiro atoms. The van der Waals surface area contributed by atoms with E-state index in [9.17, 15) is 28.2 Å². The van der Waals surface area contributed by atoms with Gasteiger partial charge in [-0.05, 0) is 12.1 Å². The summed E-state index contributed by atoms with van der Waals surface area (Å²) in [7, 11) is -10.0. The van der Waals surface area contributed by atoms with E-state index in [2.05, 4.69) is 0 Å². The predicted molar refractivity (Wildman–Crippen MR) is 37.8 cm³/mol. The van der Waals surface area contributed by atoms with E-state index in [1.54, 1.807) is 0 Å². The first-order valence-corrected chi connectivity index (χ1v) is 5.04.